The Morgan fingerprint density at radius 1 is 1.05 bits per heavy atom. The summed E-state index contributed by atoms with van der Waals surface area (Å²) in [5, 5.41) is 5.65. The van der Waals surface area contributed by atoms with Crippen LogP contribution in [0.25, 0.3) is 0 Å². The van der Waals surface area contributed by atoms with Crippen LogP contribution >= 0.6 is 0 Å². The molecule has 0 atom stereocenters. The molecule has 0 spiro atoms. The highest BCUT2D eigenvalue weighted by atomic mass is 16.5. The van der Waals surface area contributed by atoms with Gasteiger partial charge in [0.25, 0.3) is 0 Å². The summed E-state index contributed by atoms with van der Waals surface area (Å²) in [7, 11) is 0. The van der Waals surface area contributed by atoms with Crippen molar-refractivity contribution in [1.29, 1.82) is 0 Å². The van der Waals surface area contributed by atoms with Crippen molar-refractivity contribution in [2.75, 3.05) is 26.4 Å². The molecule has 0 saturated carbocycles. The van der Waals surface area contributed by atoms with Crippen LogP contribution in [0.2, 0.25) is 0 Å². The molecule has 0 saturated heterocycles. The molecule has 124 valence electrons. The van der Waals surface area contributed by atoms with Crippen LogP contribution in [0, 0.1) is 0 Å². The normalized spacial score (nSPS) is 10.3. The predicted octanol–water partition coefficient (Wildman–Crippen LogP) is 3.09. The van der Waals surface area contributed by atoms with Gasteiger partial charge >= 0.3 is 6.03 Å². The van der Waals surface area contributed by atoms with Gasteiger partial charge in [-0.3, -0.25) is 0 Å². The van der Waals surface area contributed by atoms with E-state index < -0.39 is 0 Å². The fraction of sp³-hybridized carbons (Fsp3) is 0.588. The molecule has 0 aliphatic heterocycles. The van der Waals surface area contributed by atoms with Crippen molar-refractivity contribution in [3.8, 4) is 5.75 Å². The van der Waals surface area contributed by atoms with Crippen LogP contribution in [0.1, 0.15) is 38.7 Å². The van der Waals surface area contributed by atoms with E-state index in [-0.39, 0.29) is 6.03 Å². The van der Waals surface area contributed by atoms with Crippen molar-refractivity contribution in [1.82, 2.24) is 10.6 Å². The topological polar surface area (TPSA) is 59.6 Å². The second-order valence-electron chi connectivity index (χ2n) is 5.01. The van der Waals surface area contributed by atoms with Crippen LogP contribution in [0.15, 0.2) is 24.3 Å². The second-order valence-corrected chi connectivity index (χ2v) is 5.01. The monoisotopic (exact) mass is 308 g/mol. The predicted molar refractivity (Wildman–Crippen MR) is 88.2 cm³/mol. The van der Waals surface area contributed by atoms with Gasteiger partial charge in [0.1, 0.15) is 5.75 Å². The van der Waals surface area contributed by atoms with Gasteiger partial charge in [-0.2, -0.15) is 0 Å². The van der Waals surface area contributed by atoms with Gasteiger partial charge in [-0.05, 0) is 37.5 Å². The standard InChI is InChI=1S/C17H28N2O3/c1-3-5-12-21-13-6-11-18-17(20)19-14-15-7-9-16(10-8-15)22-4-2/h7-10H,3-6,11-14H2,1-2H3,(H2,18,19,20). The maximum absolute atomic E-state index is 11.6. The number of hydrogen-bond acceptors (Lipinski definition) is 3. The number of benzene rings is 1. The van der Waals surface area contributed by atoms with Gasteiger partial charge in [0.2, 0.25) is 0 Å². The summed E-state index contributed by atoms with van der Waals surface area (Å²) in [6, 6.07) is 7.57. The number of hydrogen-bond donors (Lipinski definition) is 2. The number of carbonyl (C=O) groups is 1. The Kier molecular flexibility index (Phi) is 9.87. The third-order valence-corrected chi connectivity index (χ3v) is 3.08. The molecule has 1 aromatic carbocycles. The zero-order valence-electron chi connectivity index (χ0n) is 13.7. The Hall–Kier alpha value is -1.75. The lowest BCUT2D eigenvalue weighted by Crippen LogP contribution is -2.35. The minimum atomic E-state index is -0.151. The summed E-state index contributed by atoms with van der Waals surface area (Å²) in [4.78, 5) is 11.6. The van der Waals surface area contributed by atoms with E-state index in [1.807, 2.05) is 31.2 Å². The van der Waals surface area contributed by atoms with Crippen LogP contribution < -0.4 is 15.4 Å². The summed E-state index contributed by atoms with van der Waals surface area (Å²) in [6.07, 6.45) is 3.07. The van der Waals surface area contributed by atoms with Crippen LogP contribution in [0.3, 0.4) is 0 Å². The van der Waals surface area contributed by atoms with E-state index in [2.05, 4.69) is 17.6 Å². The summed E-state index contributed by atoms with van der Waals surface area (Å²) in [6.45, 7) is 7.38. The lowest BCUT2D eigenvalue weighted by molar-refractivity contribution is 0.129. The van der Waals surface area contributed by atoms with Gasteiger partial charge in [0.05, 0.1) is 6.61 Å². The summed E-state index contributed by atoms with van der Waals surface area (Å²) < 4.78 is 10.8. The molecule has 22 heavy (non-hydrogen) atoms. The first kappa shape index (κ1) is 18.3. The van der Waals surface area contributed by atoms with Gasteiger partial charge in [-0.25, -0.2) is 4.79 Å². The van der Waals surface area contributed by atoms with Crippen molar-refractivity contribution < 1.29 is 14.3 Å². The molecule has 2 amide bonds. The summed E-state index contributed by atoms with van der Waals surface area (Å²) in [5.74, 6) is 0.846. The fourth-order valence-electron chi connectivity index (χ4n) is 1.84. The Morgan fingerprint density at radius 2 is 1.77 bits per heavy atom. The molecule has 1 rings (SSSR count). The number of amides is 2. The van der Waals surface area contributed by atoms with Gasteiger partial charge in [0, 0.05) is 26.3 Å². The SMILES string of the molecule is CCCCOCCCNC(=O)NCc1ccc(OCC)cc1. The molecule has 0 radical (unpaired) electrons. The maximum atomic E-state index is 11.6. The molecule has 0 aliphatic rings. The van der Waals surface area contributed by atoms with E-state index in [4.69, 9.17) is 9.47 Å². The van der Waals surface area contributed by atoms with Gasteiger partial charge in [-0.1, -0.05) is 25.5 Å². The molecule has 0 aromatic heterocycles. The molecule has 0 unspecified atom stereocenters. The Bertz CT molecular complexity index is 407. The van der Waals surface area contributed by atoms with E-state index in [1.165, 1.54) is 0 Å². The van der Waals surface area contributed by atoms with Crippen LogP contribution in [0.5, 0.6) is 5.75 Å². The molecular formula is C17H28N2O3. The second kappa shape index (κ2) is 11.9. The number of urea groups is 1. The fourth-order valence-corrected chi connectivity index (χ4v) is 1.84. The van der Waals surface area contributed by atoms with Crippen molar-refractivity contribution >= 4 is 6.03 Å². The zero-order chi connectivity index (χ0) is 16.0. The molecule has 0 bridgehead atoms. The third-order valence-electron chi connectivity index (χ3n) is 3.08. The zero-order valence-corrected chi connectivity index (χ0v) is 13.7. The van der Waals surface area contributed by atoms with Crippen LogP contribution in [-0.2, 0) is 11.3 Å². The molecule has 5 nitrogen and oxygen atoms in total. The molecule has 1 aromatic rings. The molecule has 2 N–H and O–H groups in total. The average molecular weight is 308 g/mol. The quantitative estimate of drug-likeness (QED) is 0.618. The largest absolute Gasteiger partial charge is 0.494 e. The van der Waals surface area contributed by atoms with E-state index >= 15 is 0 Å². The lowest BCUT2D eigenvalue weighted by Gasteiger charge is -2.09. The first-order chi connectivity index (χ1) is 10.8. The molecular weight excluding hydrogens is 280 g/mol. The molecule has 0 aliphatic carbocycles. The highest BCUT2D eigenvalue weighted by Crippen LogP contribution is 2.11. The maximum Gasteiger partial charge on any atom is 0.315 e. The van der Waals surface area contributed by atoms with E-state index in [1.54, 1.807) is 0 Å². The summed E-state index contributed by atoms with van der Waals surface area (Å²) in [5.41, 5.74) is 1.04. The highest BCUT2D eigenvalue weighted by molar-refractivity contribution is 5.73. The Labute approximate surface area is 133 Å². The average Bonchev–Trinajstić information content (AvgIpc) is 2.54. The van der Waals surface area contributed by atoms with Gasteiger partial charge in [0.15, 0.2) is 0 Å². The van der Waals surface area contributed by atoms with Crippen molar-refractivity contribution in [3.63, 3.8) is 0 Å². The smallest absolute Gasteiger partial charge is 0.315 e. The number of rotatable bonds is 11. The van der Waals surface area contributed by atoms with Crippen LogP contribution in [-0.4, -0.2) is 32.4 Å². The summed E-state index contributed by atoms with van der Waals surface area (Å²) >= 11 is 0. The number of carbonyl (C=O) groups excluding carboxylic acids is 1. The number of ether oxygens (including phenoxy) is 2. The van der Waals surface area contributed by atoms with Gasteiger partial charge in [-0.15, -0.1) is 0 Å². The van der Waals surface area contributed by atoms with Crippen molar-refractivity contribution in [2.24, 2.45) is 0 Å². The minimum Gasteiger partial charge on any atom is -0.494 e. The molecule has 0 fully saturated rings. The van der Waals surface area contributed by atoms with E-state index in [0.717, 1.165) is 37.2 Å². The highest BCUT2D eigenvalue weighted by Gasteiger charge is 2.00. The molecule has 5 heteroatoms. The minimum absolute atomic E-state index is 0.151. The Morgan fingerprint density at radius 3 is 2.45 bits per heavy atom. The lowest BCUT2D eigenvalue weighted by atomic mass is 10.2. The first-order valence-electron chi connectivity index (χ1n) is 8.07. The van der Waals surface area contributed by atoms with Crippen molar-refractivity contribution in [3.05, 3.63) is 29.8 Å². The third kappa shape index (κ3) is 8.52. The Balaban J connectivity index is 2.07. The van der Waals surface area contributed by atoms with Crippen molar-refractivity contribution in [2.45, 2.75) is 39.7 Å². The first-order valence-corrected chi connectivity index (χ1v) is 8.07. The van der Waals surface area contributed by atoms with E-state index in [9.17, 15) is 4.79 Å². The van der Waals surface area contributed by atoms with Gasteiger partial charge < -0.3 is 20.1 Å². The van der Waals surface area contributed by atoms with Crippen LogP contribution in [0.4, 0.5) is 4.79 Å². The molecule has 0 heterocycles. The number of unbranched alkanes of at least 4 members (excludes halogenated alkanes) is 1. The van der Waals surface area contributed by atoms with E-state index in [0.29, 0.717) is 26.3 Å². The number of nitrogens with one attached hydrogen (secondary N) is 2.